The van der Waals surface area contributed by atoms with Crippen molar-refractivity contribution < 1.29 is 0 Å². The Kier molecular flexibility index (Phi) is 4.24. The molecule has 0 saturated heterocycles. The van der Waals surface area contributed by atoms with E-state index in [9.17, 15) is 9.59 Å². The SMILES string of the molecule is CCCn1c(=O)c2[nH]c(C34CC5CC(CC3C5)C4)nc2n(CCc2ccncc2)c1=O. The molecule has 4 fully saturated rings. The lowest BCUT2D eigenvalue weighted by Crippen LogP contribution is -2.40. The summed E-state index contributed by atoms with van der Waals surface area (Å²) in [6.45, 7) is 2.91. The molecule has 0 aromatic carbocycles. The summed E-state index contributed by atoms with van der Waals surface area (Å²) in [6.07, 6.45) is 11.3. The Hall–Kier alpha value is -2.70. The Bertz CT molecular complexity index is 1240. The van der Waals surface area contributed by atoms with Crippen molar-refractivity contribution in [1.82, 2.24) is 24.1 Å². The van der Waals surface area contributed by atoms with Crippen LogP contribution < -0.4 is 11.2 Å². The maximum Gasteiger partial charge on any atom is 0.332 e. The van der Waals surface area contributed by atoms with Gasteiger partial charge in [-0.1, -0.05) is 6.92 Å². The summed E-state index contributed by atoms with van der Waals surface area (Å²) < 4.78 is 3.09. The number of H-pyrrole nitrogens is 1. The number of nitrogens with zero attached hydrogens (tertiary/aromatic N) is 4. The molecule has 4 bridgehead atoms. The molecule has 0 amide bonds. The van der Waals surface area contributed by atoms with E-state index < -0.39 is 0 Å². The van der Waals surface area contributed by atoms with E-state index in [2.05, 4.69) is 9.97 Å². The van der Waals surface area contributed by atoms with E-state index in [1.807, 2.05) is 19.1 Å². The van der Waals surface area contributed by atoms with Crippen molar-refractivity contribution in [3.8, 4) is 0 Å². The van der Waals surface area contributed by atoms with E-state index in [0.717, 1.165) is 29.6 Å². The first-order valence-electron chi connectivity index (χ1n) is 11.7. The molecular formula is C24H29N5O2. The molecule has 2 unspecified atom stereocenters. The molecule has 162 valence electrons. The monoisotopic (exact) mass is 419 g/mol. The third kappa shape index (κ3) is 2.78. The Morgan fingerprint density at radius 1 is 1.06 bits per heavy atom. The summed E-state index contributed by atoms with van der Waals surface area (Å²) in [7, 11) is 0. The van der Waals surface area contributed by atoms with Gasteiger partial charge in [0.25, 0.3) is 5.56 Å². The van der Waals surface area contributed by atoms with Gasteiger partial charge in [-0.25, -0.2) is 9.78 Å². The number of aryl methyl sites for hydroxylation is 2. The molecule has 31 heavy (non-hydrogen) atoms. The lowest BCUT2D eigenvalue weighted by molar-refractivity contribution is 0.262. The van der Waals surface area contributed by atoms with Gasteiger partial charge in [-0.15, -0.1) is 0 Å². The second kappa shape index (κ2) is 6.90. The zero-order valence-electron chi connectivity index (χ0n) is 18.0. The highest BCUT2D eigenvalue weighted by Crippen LogP contribution is 2.65. The second-order valence-corrected chi connectivity index (χ2v) is 9.98. The van der Waals surface area contributed by atoms with Gasteiger partial charge < -0.3 is 4.98 Å². The van der Waals surface area contributed by atoms with Crippen molar-refractivity contribution in [2.45, 2.75) is 70.4 Å². The molecule has 4 saturated carbocycles. The molecule has 3 aromatic heterocycles. The predicted octanol–water partition coefficient (Wildman–Crippen LogP) is 3.01. The Morgan fingerprint density at radius 3 is 2.52 bits per heavy atom. The number of aromatic amines is 1. The summed E-state index contributed by atoms with van der Waals surface area (Å²) in [4.78, 5) is 39.1. The van der Waals surface area contributed by atoms with Crippen LogP contribution in [0.3, 0.4) is 0 Å². The molecule has 7 rings (SSSR count). The highest BCUT2D eigenvalue weighted by Gasteiger charge is 2.59. The average Bonchev–Trinajstić information content (AvgIpc) is 3.40. The fraction of sp³-hybridized carbons (Fsp3) is 0.583. The van der Waals surface area contributed by atoms with Gasteiger partial charge in [-0.2, -0.15) is 0 Å². The standard InChI is InChI=1S/C24H29N5O2/c1-2-8-29-21(30)19-20(28(23(29)31)9-5-15-3-6-25-7-4-15)27-22(26-19)24-13-16-10-17(14-24)12-18(24)11-16/h3-4,6-7,16-18H,2,5,8-14H2,1H3,(H,26,27). The Morgan fingerprint density at radius 2 is 1.81 bits per heavy atom. The lowest BCUT2D eigenvalue weighted by Gasteiger charge is -2.30. The smallest absolute Gasteiger partial charge is 0.332 e. The summed E-state index contributed by atoms with van der Waals surface area (Å²) >= 11 is 0. The van der Waals surface area contributed by atoms with E-state index in [0.29, 0.717) is 36.6 Å². The highest BCUT2D eigenvalue weighted by atomic mass is 16.2. The van der Waals surface area contributed by atoms with Crippen LogP contribution in [0.2, 0.25) is 0 Å². The normalized spacial score (nSPS) is 28.7. The number of imidazole rings is 1. The summed E-state index contributed by atoms with van der Waals surface area (Å²) in [5.74, 6) is 3.24. The molecule has 4 aliphatic carbocycles. The van der Waals surface area contributed by atoms with Crippen LogP contribution in [-0.4, -0.2) is 24.1 Å². The third-order valence-corrected chi connectivity index (χ3v) is 8.14. The van der Waals surface area contributed by atoms with Crippen LogP contribution in [0.5, 0.6) is 0 Å². The molecule has 7 heteroatoms. The van der Waals surface area contributed by atoms with E-state index in [-0.39, 0.29) is 16.7 Å². The van der Waals surface area contributed by atoms with Gasteiger partial charge in [-0.3, -0.25) is 18.9 Å². The third-order valence-electron chi connectivity index (χ3n) is 8.14. The topological polar surface area (TPSA) is 85.6 Å². The quantitative estimate of drug-likeness (QED) is 0.666. The van der Waals surface area contributed by atoms with E-state index >= 15 is 0 Å². The average molecular weight is 420 g/mol. The zero-order valence-corrected chi connectivity index (χ0v) is 18.0. The molecule has 0 aliphatic heterocycles. The number of pyridine rings is 1. The van der Waals surface area contributed by atoms with Crippen LogP contribution in [0.15, 0.2) is 34.1 Å². The van der Waals surface area contributed by atoms with Crippen LogP contribution in [0, 0.1) is 17.8 Å². The number of aromatic nitrogens is 5. The maximum absolute atomic E-state index is 13.3. The van der Waals surface area contributed by atoms with Crippen molar-refractivity contribution in [2.75, 3.05) is 0 Å². The minimum Gasteiger partial charge on any atom is -0.336 e. The first kappa shape index (κ1) is 19.0. The fourth-order valence-corrected chi connectivity index (χ4v) is 7.00. The van der Waals surface area contributed by atoms with E-state index in [4.69, 9.17) is 4.98 Å². The van der Waals surface area contributed by atoms with Gasteiger partial charge in [0.05, 0.1) is 0 Å². The molecule has 3 heterocycles. The van der Waals surface area contributed by atoms with Crippen LogP contribution in [0.4, 0.5) is 0 Å². The summed E-state index contributed by atoms with van der Waals surface area (Å²) in [6, 6.07) is 3.93. The molecule has 1 N–H and O–H groups in total. The zero-order chi connectivity index (χ0) is 21.2. The summed E-state index contributed by atoms with van der Waals surface area (Å²) in [5, 5.41) is 0. The minimum atomic E-state index is -0.249. The maximum atomic E-state index is 13.3. The molecule has 0 radical (unpaired) electrons. The first-order valence-corrected chi connectivity index (χ1v) is 11.7. The Balaban J connectivity index is 1.48. The first-order chi connectivity index (χ1) is 15.1. The minimum absolute atomic E-state index is 0.0839. The van der Waals surface area contributed by atoms with Gasteiger partial charge in [0.1, 0.15) is 11.3 Å². The fourth-order valence-electron chi connectivity index (χ4n) is 7.00. The lowest BCUT2D eigenvalue weighted by atomic mass is 9.75. The molecule has 2 atom stereocenters. The predicted molar refractivity (Wildman–Crippen MR) is 118 cm³/mol. The van der Waals surface area contributed by atoms with Gasteiger partial charge in [0, 0.05) is 30.9 Å². The van der Waals surface area contributed by atoms with Gasteiger partial charge in [-0.05, 0) is 80.4 Å². The van der Waals surface area contributed by atoms with Gasteiger partial charge >= 0.3 is 5.69 Å². The molecule has 3 aromatic rings. The molecular weight excluding hydrogens is 390 g/mol. The van der Waals surface area contributed by atoms with Gasteiger partial charge in [0.15, 0.2) is 5.65 Å². The highest BCUT2D eigenvalue weighted by molar-refractivity contribution is 5.70. The molecule has 0 spiro atoms. The van der Waals surface area contributed by atoms with Crippen molar-refractivity contribution in [1.29, 1.82) is 0 Å². The second-order valence-electron chi connectivity index (χ2n) is 9.98. The van der Waals surface area contributed by atoms with Crippen LogP contribution >= 0.6 is 0 Å². The van der Waals surface area contributed by atoms with Crippen molar-refractivity contribution >= 4 is 11.2 Å². The van der Waals surface area contributed by atoms with Crippen LogP contribution in [-0.2, 0) is 24.9 Å². The Labute approximate surface area is 180 Å². The molecule has 7 nitrogen and oxygen atoms in total. The summed E-state index contributed by atoms with van der Waals surface area (Å²) in [5.41, 5.74) is 1.76. The molecule has 4 aliphatic rings. The largest absolute Gasteiger partial charge is 0.336 e. The van der Waals surface area contributed by atoms with Gasteiger partial charge in [0.2, 0.25) is 0 Å². The number of nitrogens with one attached hydrogen (secondary N) is 1. The van der Waals surface area contributed by atoms with Crippen molar-refractivity contribution in [2.24, 2.45) is 17.8 Å². The van der Waals surface area contributed by atoms with Crippen molar-refractivity contribution in [3.63, 3.8) is 0 Å². The van der Waals surface area contributed by atoms with E-state index in [1.165, 1.54) is 36.7 Å². The van der Waals surface area contributed by atoms with Crippen molar-refractivity contribution in [3.05, 3.63) is 56.8 Å². The number of rotatable bonds is 6. The van der Waals surface area contributed by atoms with E-state index in [1.54, 1.807) is 17.0 Å². The van der Waals surface area contributed by atoms with Crippen LogP contribution in [0.1, 0.15) is 56.8 Å². The van der Waals surface area contributed by atoms with Crippen LogP contribution in [0.25, 0.3) is 11.2 Å². The number of hydrogen-bond acceptors (Lipinski definition) is 4. The number of fused-ring (bicyclic) bond motifs is 1. The number of hydrogen-bond donors (Lipinski definition) is 1.